The number of nitro groups is 1. The largest absolute Gasteiger partial charge is 0.460 e. The number of hydrogen-bond acceptors (Lipinski definition) is 5. The maximum absolute atomic E-state index is 11.0. The summed E-state index contributed by atoms with van der Waals surface area (Å²) >= 11 is 0. The van der Waals surface area contributed by atoms with Crippen LogP contribution in [0.3, 0.4) is 0 Å². The van der Waals surface area contributed by atoms with Gasteiger partial charge >= 0.3 is 0 Å². The number of piperazine rings is 1. The molecule has 3 aromatic rings. The normalized spacial score (nSPS) is 15.6. The van der Waals surface area contributed by atoms with E-state index in [0.29, 0.717) is 5.76 Å². The molecular weight excluding hydrogens is 378 g/mol. The molecule has 1 aliphatic rings. The fourth-order valence-corrected chi connectivity index (χ4v) is 3.64. The van der Waals surface area contributed by atoms with Crippen molar-refractivity contribution in [2.45, 2.75) is 6.54 Å². The summed E-state index contributed by atoms with van der Waals surface area (Å²) in [6, 6.07) is 20.8. The van der Waals surface area contributed by atoms with Crippen molar-refractivity contribution in [1.82, 2.24) is 9.80 Å². The Kier molecular flexibility index (Phi) is 6.37. The van der Waals surface area contributed by atoms with Crippen LogP contribution < -0.4 is 0 Å². The van der Waals surface area contributed by atoms with Gasteiger partial charge in [-0.25, -0.2) is 0 Å². The lowest BCUT2D eigenvalue weighted by Crippen LogP contribution is -2.45. The lowest BCUT2D eigenvalue weighted by molar-refractivity contribution is -0.384. The highest BCUT2D eigenvalue weighted by Gasteiger charge is 2.18. The Morgan fingerprint density at radius 1 is 0.933 bits per heavy atom. The summed E-state index contributed by atoms with van der Waals surface area (Å²) in [5, 5.41) is 11.0. The van der Waals surface area contributed by atoms with Crippen LogP contribution in [-0.4, -0.2) is 47.4 Å². The molecule has 0 unspecified atom stereocenters. The lowest BCUT2D eigenvalue weighted by atomic mass is 10.1. The number of non-ortho nitro benzene ring substituents is 1. The first kappa shape index (κ1) is 20.1. The van der Waals surface area contributed by atoms with Crippen molar-refractivity contribution in [2.75, 3.05) is 32.7 Å². The first-order chi connectivity index (χ1) is 14.7. The summed E-state index contributed by atoms with van der Waals surface area (Å²) in [6.45, 7) is 5.75. The average Bonchev–Trinajstić information content (AvgIpc) is 3.24. The van der Waals surface area contributed by atoms with Gasteiger partial charge in [0.2, 0.25) is 0 Å². The summed E-state index contributed by atoms with van der Waals surface area (Å²) in [7, 11) is 0. The first-order valence-electron chi connectivity index (χ1n) is 10.2. The second-order valence-corrected chi connectivity index (χ2v) is 7.46. The zero-order valence-electron chi connectivity index (χ0n) is 16.8. The molecule has 154 valence electrons. The van der Waals surface area contributed by atoms with Crippen LogP contribution in [0.25, 0.3) is 17.4 Å². The fourth-order valence-electron chi connectivity index (χ4n) is 3.64. The van der Waals surface area contributed by atoms with Crippen LogP contribution in [-0.2, 0) is 6.54 Å². The highest BCUT2D eigenvalue weighted by atomic mass is 16.6. The van der Waals surface area contributed by atoms with E-state index in [1.807, 2.05) is 24.3 Å². The van der Waals surface area contributed by atoms with Crippen LogP contribution >= 0.6 is 0 Å². The molecule has 0 aliphatic carbocycles. The molecule has 30 heavy (non-hydrogen) atoms. The Hall–Kier alpha value is -3.22. The van der Waals surface area contributed by atoms with E-state index in [0.717, 1.165) is 50.6 Å². The zero-order chi connectivity index (χ0) is 20.8. The van der Waals surface area contributed by atoms with E-state index in [1.165, 1.54) is 11.6 Å². The molecule has 1 aliphatic heterocycles. The maximum atomic E-state index is 11.0. The van der Waals surface area contributed by atoms with Crippen LogP contribution in [0.15, 0.2) is 77.2 Å². The molecule has 0 atom stereocenters. The minimum Gasteiger partial charge on any atom is -0.460 e. The molecule has 6 heteroatoms. The average molecular weight is 403 g/mol. The Morgan fingerprint density at radius 3 is 2.47 bits per heavy atom. The molecule has 0 bridgehead atoms. The molecule has 0 radical (unpaired) electrons. The molecule has 1 saturated heterocycles. The minimum absolute atomic E-state index is 0.0721. The summed E-state index contributed by atoms with van der Waals surface area (Å²) in [5.74, 6) is 1.55. The number of nitro benzene ring substituents is 1. The third-order valence-corrected chi connectivity index (χ3v) is 5.32. The van der Waals surface area contributed by atoms with E-state index in [1.54, 1.807) is 12.1 Å². The predicted octanol–water partition coefficient (Wildman–Crippen LogP) is 4.69. The Labute approximate surface area is 176 Å². The third-order valence-electron chi connectivity index (χ3n) is 5.32. The zero-order valence-corrected chi connectivity index (χ0v) is 16.8. The van der Waals surface area contributed by atoms with Crippen LogP contribution in [0.1, 0.15) is 11.3 Å². The van der Waals surface area contributed by atoms with E-state index in [2.05, 4.69) is 46.2 Å². The summed E-state index contributed by atoms with van der Waals surface area (Å²) in [5.41, 5.74) is 2.03. The predicted molar refractivity (Wildman–Crippen MR) is 118 cm³/mol. The van der Waals surface area contributed by atoms with Gasteiger partial charge in [-0.05, 0) is 17.7 Å². The molecule has 0 saturated carbocycles. The number of nitrogens with zero attached hydrogens (tertiary/aromatic N) is 3. The van der Waals surface area contributed by atoms with Crippen LogP contribution in [0.2, 0.25) is 0 Å². The van der Waals surface area contributed by atoms with Gasteiger partial charge in [-0.3, -0.25) is 19.9 Å². The molecule has 1 aromatic heterocycles. The van der Waals surface area contributed by atoms with Crippen molar-refractivity contribution in [3.63, 3.8) is 0 Å². The van der Waals surface area contributed by atoms with Gasteiger partial charge in [-0.15, -0.1) is 0 Å². The molecule has 1 fully saturated rings. The van der Waals surface area contributed by atoms with Gasteiger partial charge in [0.15, 0.2) is 0 Å². The lowest BCUT2D eigenvalue weighted by Gasteiger charge is -2.33. The van der Waals surface area contributed by atoms with E-state index in [-0.39, 0.29) is 10.6 Å². The van der Waals surface area contributed by atoms with Crippen LogP contribution in [0.5, 0.6) is 0 Å². The number of hydrogen-bond donors (Lipinski definition) is 0. The molecule has 2 heterocycles. The van der Waals surface area contributed by atoms with Crippen molar-refractivity contribution >= 4 is 11.8 Å². The maximum Gasteiger partial charge on any atom is 0.270 e. The van der Waals surface area contributed by atoms with Crippen molar-refractivity contribution in [1.29, 1.82) is 0 Å². The van der Waals surface area contributed by atoms with Crippen molar-refractivity contribution in [3.8, 4) is 11.3 Å². The Bertz CT molecular complexity index is 1010. The molecule has 2 aromatic carbocycles. The topological polar surface area (TPSA) is 62.8 Å². The van der Waals surface area contributed by atoms with Crippen molar-refractivity contribution in [3.05, 3.63) is 94.2 Å². The van der Waals surface area contributed by atoms with E-state index >= 15 is 0 Å². The molecule has 6 nitrogen and oxygen atoms in total. The van der Waals surface area contributed by atoms with E-state index < -0.39 is 0 Å². The smallest absolute Gasteiger partial charge is 0.270 e. The summed E-state index contributed by atoms with van der Waals surface area (Å²) < 4.78 is 5.96. The number of furan rings is 1. The Balaban J connectivity index is 1.27. The highest BCUT2D eigenvalue weighted by molar-refractivity contribution is 5.61. The van der Waals surface area contributed by atoms with Crippen LogP contribution in [0.4, 0.5) is 5.69 Å². The molecular formula is C24H25N3O3. The number of rotatable bonds is 7. The van der Waals surface area contributed by atoms with Crippen molar-refractivity contribution < 1.29 is 9.34 Å². The highest BCUT2D eigenvalue weighted by Crippen LogP contribution is 2.26. The second kappa shape index (κ2) is 9.52. The number of benzene rings is 2. The second-order valence-electron chi connectivity index (χ2n) is 7.46. The van der Waals surface area contributed by atoms with E-state index in [4.69, 9.17) is 4.42 Å². The fraction of sp³-hybridized carbons (Fsp3) is 0.250. The molecule has 0 spiro atoms. The minimum atomic E-state index is -0.387. The van der Waals surface area contributed by atoms with Gasteiger partial charge in [0.25, 0.3) is 5.69 Å². The van der Waals surface area contributed by atoms with Gasteiger partial charge in [0.1, 0.15) is 11.5 Å². The van der Waals surface area contributed by atoms with Gasteiger partial charge < -0.3 is 4.42 Å². The Morgan fingerprint density at radius 2 is 1.70 bits per heavy atom. The summed E-state index contributed by atoms with van der Waals surface area (Å²) in [4.78, 5) is 15.4. The van der Waals surface area contributed by atoms with Crippen molar-refractivity contribution in [2.24, 2.45) is 0 Å². The quantitative estimate of drug-likeness (QED) is 0.423. The van der Waals surface area contributed by atoms with Gasteiger partial charge in [-0.2, -0.15) is 0 Å². The standard InChI is InChI=1S/C24H25N3O3/c28-27(29)22-10-4-9-21(18-22)24-12-11-23(30-24)19-26-16-14-25(15-17-26)13-5-8-20-6-2-1-3-7-20/h1-12,18H,13-17,19H2/b8-5+. The third kappa shape index (κ3) is 5.23. The van der Waals surface area contributed by atoms with Crippen LogP contribution in [0, 0.1) is 10.1 Å². The SMILES string of the molecule is O=[N+]([O-])c1cccc(-c2ccc(CN3CCN(C/C=C/c4ccccc4)CC3)o2)c1. The van der Waals surface area contributed by atoms with Gasteiger partial charge in [-0.1, -0.05) is 54.6 Å². The summed E-state index contributed by atoms with van der Waals surface area (Å²) in [6.07, 6.45) is 4.40. The van der Waals surface area contributed by atoms with Gasteiger partial charge in [0, 0.05) is 50.4 Å². The van der Waals surface area contributed by atoms with E-state index in [9.17, 15) is 10.1 Å². The molecule has 4 rings (SSSR count). The molecule has 0 amide bonds. The monoisotopic (exact) mass is 403 g/mol. The molecule has 0 N–H and O–H groups in total. The first-order valence-corrected chi connectivity index (χ1v) is 10.2. The van der Waals surface area contributed by atoms with Gasteiger partial charge in [0.05, 0.1) is 11.5 Å².